The number of nitrogens with zero attached hydrogens (tertiary/aromatic N) is 2. The van der Waals surface area contributed by atoms with Crippen LogP contribution in [0.5, 0.6) is 0 Å². The van der Waals surface area contributed by atoms with E-state index in [0.717, 1.165) is 21.3 Å². The van der Waals surface area contributed by atoms with Crippen molar-refractivity contribution >= 4 is 39.1 Å². The van der Waals surface area contributed by atoms with E-state index in [4.69, 9.17) is 22.5 Å². The number of benzene rings is 1. The molecule has 0 saturated heterocycles. The van der Waals surface area contributed by atoms with Gasteiger partial charge in [-0.3, -0.25) is 4.98 Å². The molecule has 0 aliphatic carbocycles. The van der Waals surface area contributed by atoms with Crippen molar-refractivity contribution in [3.05, 3.63) is 56.8 Å². The Morgan fingerprint density at radius 1 is 1.48 bits per heavy atom. The maximum absolute atomic E-state index is 8.67. The topological polar surface area (TPSA) is 83.5 Å². The number of pyridine rings is 1. The van der Waals surface area contributed by atoms with Gasteiger partial charge in [0.15, 0.2) is 5.84 Å². The van der Waals surface area contributed by atoms with Gasteiger partial charge in [-0.05, 0) is 58.2 Å². The van der Waals surface area contributed by atoms with Gasteiger partial charge < -0.3 is 16.3 Å². The highest BCUT2D eigenvalue weighted by atomic mass is 79.9. The van der Waals surface area contributed by atoms with E-state index in [9.17, 15) is 0 Å². The minimum absolute atomic E-state index is 0.0172. The molecule has 21 heavy (non-hydrogen) atoms. The highest BCUT2D eigenvalue weighted by Gasteiger charge is 2.06. The molecule has 0 bridgehead atoms. The van der Waals surface area contributed by atoms with E-state index >= 15 is 0 Å². The predicted octanol–water partition coefficient (Wildman–Crippen LogP) is 3.51. The van der Waals surface area contributed by atoms with Crippen LogP contribution in [0.15, 0.2) is 40.1 Å². The molecule has 7 heteroatoms. The number of hydrogen-bond donors (Lipinski definition) is 3. The summed E-state index contributed by atoms with van der Waals surface area (Å²) in [6.07, 6.45) is 1.61. The zero-order valence-electron chi connectivity index (χ0n) is 11.3. The molecule has 110 valence electrons. The second-order valence-electron chi connectivity index (χ2n) is 4.47. The molecule has 0 saturated carbocycles. The third-order valence-electron chi connectivity index (χ3n) is 2.93. The van der Waals surface area contributed by atoms with E-state index in [1.54, 1.807) is 12.3 Å². The lowest BCUT2D eigenvalue weighted by molar-refractivity contribution is 0.318. The molecule has 0 unspecified atom stereocenters. The Kier molecular flexibility index (Phi) is 5.03. The number of halogens is 2. The number of amidine groups is 1. The fourth-order valence-electron chi connectivity index (χ4n) is 1.75. The van der Waals surface area contributed by atoms with Crippen molar-refractivity contribution in [2.45, 2.75) is 13.5 Å². The molecule has 1 aromatic carbocycles. The monoisotopic (exact) mass is 368 g/mol. The molecule has 2 rings (SSSR count). The van der Waals surface area contributed by atoms with Crippen molar-refractivity contribution in [1.29, 1.82) is 0 Å². The molecule has 0 aliphatic rings. The number of nitrogens with one attached hydrogen (secondary N) is 1. The van der Waals surface area contributed by atoms with Crippen LogP contribution in [-0.4, -0.2) is 16.0 Å². The fraction of sp³-hybridized carbons (Fsp3) is 0.143. The number of nitrogens with two attached hydrogens (primary N) is 1. The van der Waals surface area contributed by atoms with Crippen LogP contribution in [0.25, 0.3) is 0 Å². The quantitative estimate of drug-likeness (QED) is 0.333. The molecule has 0 fully saturated rings. The van der Waals surface area contributed by atoms with Crippen LogP contribution in [0.4, 0.5) is 5.69 Å². The third kappa shape index (κ3) is 3.86. The Balaban J connectivity index is 2.15. The Morgan fingerprint density at radius 2 is 2.24 bits per heavy atom. The van der Waals surface area contributed by atoms with Gasteiger partial charge in [0.1, 0.15) is 5.69 Å². The van der Waals surface area contributed by atoms with Gasteiger partial charge in [-0.15, -0.1) is 0 Å². The first-order chi connectivity index (χ1) is 10.0. The van der Waals surface area contributed by atoms with Gasteiger partial charge in [-0.25, -0.2) is 0 Å². The van der Waals surface area contributed by atoms with E-state index in [2.05, 4.69) is 31.4 Å². The number of rotatable bonds is 4. The summed E-state index contributed by atoms with van der Waals surface area (Å²) in [7, 11) is 0. The standard InChI is InChI=1S/C14H14BrClN4O/c1-8-4-10(15)12(6-11(8)16)19-7-9-2-3-18-13(5-9)14(17)20-21/h2-6,19,21H,7H2,1H3,(H2,17,20). The van der Waals surface area contributed by atoms with Crippen LogP contribution in [-0.2, 0) is 6.54 Å². The molecular formula is C14H14BrClN4O. The second kappa shape index (κ2) is 6.78. The van der Waals surface area contributed by atoms with Crippen molar-refractivity contribution in [2.24, 2.45) is 10.9 Å². The Hall–Kier alpha value is -1.79. The van der Waals surface area contributed by atoms with E-state index in [1.165, 1.54) is 0 Å². The second-order valence-corrected chi connectivity index (χ2v) is 5.73. The van der Waals surface area contributed by atoms with E-state index < -0.39 is 0 Å². The first kappa shape index (κ1) is 15.6. The zero-order chi connectivity index (χ0) is 15.4. The highest BCUT2D eigenvalue weighted by Crippen LogP contribution is 2.29. The summed E-state index contributed by atoms with van der Waals surface area (Å²) >= 11 is 9.62. The van der Waals surface area contributed by atoms with Crippen LogP contribution >= 0.6 is 27.5 Å². The largest absolute Gasteiger partial charge is 0.409 e. The lowest BCUT2D eigenvalue weighted by Crippen LogP contribution is -2.15. The van der Waals surface area contributed by atoms with Gasteiger partial charge in [-0.1, -0.05) is 16.8 Å². The van der Waals surface area contributed by atoms with Gasteiger partial charge in [0.25, 0.3) is 0 Å². The van der Waals surface area contributed by atoms with Crippen molar-refractivity contribution < 1.29 is 5.21 Å². The average molecular weight is 370 g/mol. The Bertz CT molecular complexity index is 691. The third-order valence-corrected chi connectivity index (χ3v) is 3.99. The van der Waals surface area contributed by atoms with Gasteiger partial charge in [-0.2, -0.15) is 0 Å². The minimum atomic E-state index is -0.0172. The Morgan fingerprint density at radius 3 is 2.95 bits per heavy atom. The molecule has 2 aromatic rings. The number of hydrogen-bond acceptors (Lipinski definition) is 4. The summed E-state index contributed by atoms with van der Waals surface area (Å²) in [5, 5.41) is 15.6. The van der Waals surface area contributed by atoms with Crippen LogP contribution < -0.4 is 11.1 Å². The number of aryl methyl sites for hydroxylation is 1. The van der Waals surface area contributed by atoms with E-state index in [0.29, 0.717) is 17.3 Å². The van der Waals surface area contributed by atoms with Crippen molar-refractivity contribution in [3.63, 3.8) is 0 Å². The zero-order valence-corrected chi connectivity index (χ0v) is 13.6. The first-order valence-corrected chi connectivity index (χ1v) is 7.30. The first-order valence-electron chi connectivity index (χ1n) is 6.13. The van der Waals surface area contributed by atoms with Crippen LogP contribution in [0.1, 0.15) is 16.8 Å². The van der Waals surface area contributed by atoms with Gasteiger partial charge in [0, 0.05) is 22.2 Å². The molecule has 0 radical (unpaired) electrons. The van der Waals surface area contributed by atoms with Crippen LogP contribution in [0, 0.1) is 6.92 Å². The summed E-state index contributed by atoms with van der Waals surface area (Å²) in [5.41, 5.74) is 8.81. The molecule has 5 nitrogen and oxygen atoms in total. The molecular weight excluding hydrogens is 356 g/mol. The summed E-state index contributed by atoms with van der Waals surface area (Å²) in [6, 6.07) is 7.43. The fourth-order valence-corrected chi connectivity index (χ4v) is 2.52. The molecule has 0 atom stereocenters. The van der Waals surface area contributed by atoms with Crippen molar-refractivity contribution in [1.82, 2.24) is 4.98 Å². The van der Waals surface area contributed by atoms with Crippen molar-refractivity contribution in [3.8, 4) is 0 Å². The SMILES string of the molecule is Cc1cc(Br)c(NCc2ccnc(/C(N)=N/O)c2)cc1Cl. The molecule has 0 amide bonds. The van der Waals surface area contributed by atoms with Crippen LogP contribution in [0.2, 0.25) is 5.02 Å². The van der Waals surface area contributed by atoms with Crippen LogP contribution in [0.3, 0.4) is 0 Å². The van der Waals surface area contributed by atoms with Gasteiger partial charge >= 0.3 is 0 Å². The Labute approximate surface area is 136 Å². The van der Waals surface area contributed by atoms with Gasteiger partial charge in [0.05, 0.1) is 5.69 Å². The number of oxime groups is 1. The summed E-state index contributed by atoms with van der Waals surface area (Å²) in [6.45, 7) is 2.51. The molecule has 1 heterocycles. The maximum atomic E-state index is 8.67. The van der Waals surface area contributed by atoms with Gasteiger partial charge in [0.2, 0.25) is 0 Å². The molecule has 0 aliphatic heterocycles. The molecule has 1 aromatic heterocycles. The lowest BCUT2D eigenvalue weighted by atomic mass is 10.2. The van der Waals surface area contributed by atoms with E-state index in [1.807, 2.05) is 25.1 Å². The lowest BCUT2D eigenvalue weighted by Gasteiger charge is -2.11. The van der Waals surface area contributed by atoms with Crippen molar-refractivity contribution in [2.75, 3.05) is 5.32 Å². The minimum Gasteiger partial charge on any atom is -0.409 e. The predicted molar refractivity (Wildman–Crippen MR) is 88.0 cm³/mol. The summed E-state index contributed by atoms with van der Waals surface area (Å²) in [5.74, 6) is -0.0172. The van der Waals surface area contributed by atoms with E-state index in [-0.39, 0.29) is 5.84 Å². The smallest absolute Gasteiger partial charge is 0.188 e. The normalized spacial score (nSPS) is 11.5. The number of aromatic nitrogens is 1. The maximum Gasteiger partial charge on any atom is 0.188 e. The molecule has 0 spiro atoms. The summed E-state index contributed by atoms with van der Waals surface area (Å²) in [4.78, 5) is 4.03. The summed E-state index contributed by atoms with van der Waals surface area (Å²) < 4.78 is 0.940. The molecule has 4 N–H and O–H groups in total. The highest BCUT2D eigenvalue weighted by molar-refractivity contribution is 9.10. The number of anilines is 1. The average Bonchev–Trinajstić information content (AvgIpc) is 2.49.